The zero-order chi connectivity index (χ0) is 12.8. The summed E-state index contributed by atoms with van der Waals surface area (Å²) in [5.41, 5.74) is -0.779. The molecule has 0 amide bonds. The molecule has 0 atom stereocenters. The van der Waals surface area contributed by atoms with Crippen LogP contribution in [-0.4, -0.2) is 30.9 Å². The standard InChI is InChI=1S/C11H14FNO4/c1-3-17-5-4-13-7-8(11(15)16-2)6-9(12)10(13)14/h6-7H,3-5H2,1-2H3. The summed E-state index contributed by atoms with van der Waals surface area (Å²) in [6.07, 6.45) is 1.26. The number of nitrogens with zero attached hydrogens (tertiary/aromatic N) is 1. The maximum atomic E-state index is 13.3. The number of carbonyl (C=O) groups excluding carboxylic acids is 1. The van der Waals surface area contributed by atoms with Crippen molar-refractivity contribution >= 4 is 5.97 Å². The third-order valence-corrected chi connectivity index (χ3v) is 2.14. The molecule has 0 aliphatic heterocycles. The summed E-state index contributed by atoms with van der Waals surface area (Å²) in [7, 11) is 1.19. The first-order chi connectivity index (χ1) is 8.10. The van der Waals surface area contributed by atoms with E-state index in [1.807, 2.05) is 6.92 Å². The van der Waals surface area contributed by atoms with Crippen molar-refractivity contribution in [3.63, 3.8) is 0 Å². The van der Waals surface area contributed by atoms with E-state index in [1.54, 1.807) is 0 Å². The smallest absolute Gasteiger partial charge is 0.339 e. The van der Waals surface area contributed by atoms with Gasteiger partial charge in [-0.2, -0.15) is 0 Å². The number of carbonyl (C=O) groups is 1. The van der Waals surface area contributed by atoms with Gasteiger partial charge in [0.05, 0.1) is 19.3 Å². The van der Waals surface area contributed by atoms with Crippen molar-refractivity contribution in [2.75, 3.05) is 20.3 Å². The van der Waals surface area contributed by atoms with E-state index < -0.39 is 17.3 Å². The monoisotopic (exact) mass is 243 g/mol. The normalized spacial score (nSPS) is 10.3. The summed E-state index contributed by atoms with van der Waals surface area (Å²) >= 11 is 0. The second kappa shape index (κ2) is 6.15. The highest BCUT2D eigenvalue weighted by molar-refractivity contribution is 5.88. The van der Waals surface area contributed by atoms with Gasteiger partial charge in [-0.1, -0.05) is 0 Å². The lowest BCUT2D eigenvalue weighted by atomic mass is 10.3. The highest BCUT2D eigenvalue weighted by Crippen LogP contribution is 2.01. The summed E-state index contributed by atoms with van der Waals surface area (Å²) in [5, 5.41) is 0. The molecule has 0 saturated heterocycles. The zero-order valence-electron chi connectivity index (χ0n) is 9.73. The molecule has 1 aromatic heterocycles. The van der Waals surface area contributed by atoms with Crippen molar-refractivity contribution in [2.45, 2.75) is 13.5 Å². The first-order valence-electron chi connectivity index (χ1n) is 5.16. The van der Waals surface area contributed by atoms with E-state index in [2.05, 4.69) is 4.74 Å². The largest absolute Gasteiger partial charge is 0.465 e. The van der Waals surface area contributed by atoms with Gasteiger partial charge in [0.1, 0.15) is 0 Å². The lowest BCUT2D eigenvalue weighted by Crippen LogP contribution is -2.26. The van der Waals surface area contributed by atoms with Crippen LogP contribution in [0.15, 0.2) is 17.1 Å². The summed E-state index contributed by atoms with van der Waals surface area (Å²) in [6.45, 7) is 2.79. The second-order valence-electron chi connectivity index (χ2n) is 3.26. The van der Waals surface area contributed by atoms with Crippen LogP contribution in [0, 0.1) is 5.82 Å². The molecule has 0 spiro atoms. The Morgan fingerprint density at radius 2 is 2.24 bits per heavy atom. The van der Waals surface area contributed by atoms with E-state index in [9.17, 15) is 14.0 Å². The number of pyridine rings is 1. The molecule has 0 aliphatic rings. The lowest BCUT2D eigenvalue weighted by molar-refractivity contribution is 0.0598. The topological polar surface area (TPSA) is 57.5 Å². The maximum Gasteiger partial charge on any atom is 0.339 e. The highest BCUT2D eigenvalue weighted by Gasteiger charge is 2.12. The molecular weight excluding hydrogens is 229 g/mol. The van der Waals surface area contributed by atoms with Gasteiger partial charge in [0.2, 0.25) is 0 Å². The van der Waals surface area contributed by atoms with Crippen LogP contribution in [0.2, 0.25) is 0 Å². The molecular formula is C11H14FNO4. The molecule has 17 heavy (non-hydrogen) atoms. The number of esters is 1. The first kappa shape index (κ1) is 13.4. The Hall–Kier alpha value is -1.69. The van der Waals surface area contributed by atoms with E-state index in [1.165, 1.54) is 13.3 Å². The molecule has 0 fully saturated rings. The highest BCUT2D eigenvalue weighted by atomic mass is 19.1. The number of rotatable bonds is 5. The summed E-state index contributed by atoms with van der Waals surface area (Å²) < 4.78 is 23.9. The number of hydrogen-bond donors (Lipinski definition) is 0. The zero-order valence-corrected chi connectivity index (χ0v) is 9.73. The molecule has 1 aromatic rings. The Balaban J connectivity index is 2.99. The van der Waals surface area contributed by atoms with Crippen molar-refractivity contribution in [2.24, 2.45) is 0 Å². The number of ether oxygens (including phenoxy) is 2. The van der Waals surface area contributed by atoms with Gasteiger partial charge in [-0.3, -0.25) is 4.79 Å². The number of hydrogen-bond acceptors (Lipinski definition) is 4. The van der Waals surface area contributed by atoms with Gasteiger partial charge in [0, 0.05) is 19.3 Å². The molecule has 0 aromatic carbocycles. The SMILES string of the molecule is CCOCCn1cc(C(=O)OC)cc(F)c1=O. The average Bonchev–Trinajstić information content (AvgIpc) is 2.33. The molecule has 1 rings (SSSR count). The third-order valence-electron chi connectivity index (χ3n) is 2.14. The van der Waals surface area contributed by atoms with Crippen LogP contribution in [-0.2, 0) is 16.0 Å². The van der Waals surface area contributed by atoms with Crippen molar-refractivity contribution in [3.05, 3.63) is 34.0 Å². The van der Waals surface area contributed by atoms with E-state index in [0.717, 1.165) is 10.6 Å². The van der Waals surface area contributed by atoms with Crippen LogP contribution in [0.5, 0.6) is 0 Å². The molecule has 6 heteroatoms. The molecule has 0 aliphatic carbocycles. The Morgan fingerprint density at radius 1 is 1.53 bits per heavy atom. The lowest BCUT2D eigenvalue weighted by Gasteiger charge is -2.07. The fourth-order valence-electron chi connectivity index (χ4n) is 1.30. The van der Waals surface area contributed by atoms with Crippen LogP contribution in [0.3, 0.4) is 0 Å². The Morgan fingerprint density at radius 3 is 2.82 bits per heavy atom. The Kier molecular flexibility index (Phi) is 4.84. The van der Waals surface area contributed by atoms with Crippen molar-refractivity contribution in [3.8, 4) is 0 Å². The summed E-state index contributed by atoms with van der Waals surface area (Å²) in [6, 6.07) is 0.866. The average molecular weight is 243 g/mol. The van der Waals surface area contributed by atoms with Crippen LogP contribution in [0.1, 0.15) is 17.3 Å². The number of halogens is 1. The molecule has 0 radical (unpaired) electrons. The minimum atomic E-state index is -0.982. The van der Waals surface area contributed by atoms with Crippen LogP contribution in [0.4, 0.5) is 4.39 Å². The molecule has 0 N–H and O–H groups in total. The minimum Gasteiger partial charge on any atom is -0.465 e. The predicted molar refractivity (Wildman–Crippen MR) is 58.5 cm³/mol. The van der Waals surface area contributed by atoms with Crippen LogP contribution < -0.4 is 5.56 Å². The molecule has 94 valence electrons. The molecule has 5 nitrogen and oxygen atoms in total. The van der Waals surface area contributed by atoms with Gasteiger partial charge < -0.3 is 14.0 Å². The van der Waals surface area contributed by atoms with E-state index in [4.69, 9.17) is 4.74 Å². The van der Waals surface area contributed by atoms with Crippen molar-refractivity contribution in [1.29, 1.82) is 0 Å². The van der Waals surface area contributed by atoms with Crippen molar-refractivity contribution in [1.82, 2.24) is 4.57 Å². The van der Waals surface area contributed by atoms with Crippen LogP contribution >= 0.6 is 0 Å². The Labute approximate surface area is 97.8 Å². The molecule has 1 heterocycles. The predicted octanol–water partition coefficient (Wildman–Crippen LogP) is 0.811. The fourth-order valence-corrected chi connectivity index (χ4v) is 1.30. The van der Waals surface area contributed by atoms with Gasteiger partial charge in [-0.05, 0) is 13.0 Å². The van der Waals surface area contributed by atoms with Gasteiger partial charge in [-0.15, -0.1) is 0 Å². The third kappa shape index (κ3) is 3.39. The van der Waals surface area contributed by atoms with Gasteiger partial charge in [0.25, 0.3) is 5.56 Å². The van der Waals surface area contributed by atoms with E-state index in [0.29, 0.717) is 6.61 Å². The fraction of sp³-hybridized carbons (Fsp3) is 0.455. The molecule has 0 bridgehead atoms. The maximum absolute atomic E-state index is 13.3. The quantitative estimate of drug-likeness (QED) is 0.567. The summed E-state index contributed by atoms with van der Waals surface area (Å²) in [5.74, 6) is -1.67. The minimum absolute atomic E-state index is 0.00102. The van der Waals surface area contributed by atoms with Gasteiger partial charge >= 0.3 is 5.97 Å². The van der Waals surface area contributed by atoms with E-state index in [-0.39, 0.29) is 18.7 Å². The molecule has 0 unspecified atom stereocenters. The first-order valence-corrected chi connectivity index (χ1v) is 5.16. The summed E-state index contributed by atoms with van der Waals surface area (Å²) in [4.78, 5) is 22.6. The molecule has 0 saturated carbocycles. The van der Waals surface area contributed by atoms with E-state index >= 15 is 0 Å². The number of methoxy groups -OCH3 is 1. The van der Waals surface area contributed by atoms with Gasteiger partial charge in [-0.25, -0.2) is 9.18 Å². The second-order valence-corrected chi connectivity index (χ2v) is 3.26. The van der Waals surface area contributed by atoms with Crippen molar-refractivity contribution < 1.29 is 18.7 Å². The van der Waals surface area contributed by atoms with Gasteiger partial charge in [0.15, 0.2) is 5.82 Å². The van der Waals surface area contributed by atoms with Crippen LogP contribution in [0.25, 0.3) is 0 Å². The number of aromatic nitrogens is 1. The Bertz CT molecular complexity index is 455.